The van der Waals surface area contributed by atoms with E-state index in [1.165, 1.54) is 0 Å². The Morgan fingerprint density at radius 3 is 2.40 bits per heavy atom. The number of carbonyl (C=O) groups is 1. The average Bonchev–Trinajstić information content (AvgIpc) is 3.21. The molecule has 0 saturated heterocycles. The van der Waals surface area contributed by atoms with Crippen molar-refractivity contribution < 1.29 is 18.7 Å². The van der Waals surface area contributed by atoms with Crippen LogP contribution < -0.4 is 14.9 Å². The lowest BCUT2D eigenvalue weighted by Gasteiger charge is -2.26. The van der Waals surface area contributed by atoms with Crippen LogP contribution in [0.3, 0.4) is 0 Å². The van der Waals surface area contributed by atoms with Gasteiger partial charge in [-0.1, -0.05) is 50.2 Å². The zero-order chi connectivity index (χ0) is 28.4. The Morgan fingerprint density at radius 1 is 0.925 bits per heavy atom. The molecule has 5 rings (SSSR count). The summed E-state index contributed by atoms with van der Waals surface area (Å²) in [5.41, 5.74) is 4.56. The average molecular weight is 540 g/mol. The molecule has 2 heterocycles. The zero-order valence-electron chi connectivity index (χ0n) is 24.0. The molecule has 0 saturated carbocycles. The highest BCUT2D eigenvalue weighted by Crippen LogP contribution is 2.41. The lowest BCUT2D eigenvalue weighted by Crippen LogP contribution is -2.31. The summed E-state index contributed by atoms with van der Waals surface area (Å²) in [4.78, 5) is 29.6. The molecule has 208 valence electrons. The zero-order valence-corrected chi connectivity index (χ0v) is 24.0. The molecule has 40 heavy (non-hydrogen) atoms. The lowest BCUT2D eigenvalue weighted by molar-refractivity contribution is 0.0729. The van der Waals surface area contributed by atoms with E-state index in [2.05, 4.69) is 13.8 Å². The molecule has 1 aromatic heterocycles. The van der Waals surface area contributed by atoms with Gasteiger partial charge in [-0.2, -0.15) is 0 Å². The number of benzene rings is 3. The van der Waals surface area contributed by atoms with E-state index in [0.29, 0.717) is 60.1 Å². The van der Waals surface area contributed by atoms with E-state index < -0.39 is 6.04 Å². The van der Waals surface area contributed by atoms with Crippen LogP contribution in [0.1, 0.15) is 71.6 Å². The molecule has 0 radical (unpaired) electrons. The molecule has 0 bridgehead atoms. The number of aryl methyl sites for hydroxylation is 2. The molecule has 0 spiro atoms. The Hall–Kier alpha value is -4.06. The van der Waals surface area contributed by atoms with Crippen molar-refractivity contribution in [3.63, 3.8) is 0 Å². The molecule has 1 aliphatic rings. The van der Waals surface area contributed by atoms with Gasteiger partial charge in [0.2, 0.25) is 5.76 Å². The van der Waals surface area contributed by atoms with Crippen molar-refractivity contribution in [1.29, 1.82) is 0 Å². The SMILES string of the molecule is CCOc1cc(C2c3c(oc4cc(C)c(C)cc4c3=O)C(=O)N2CCc2ccccc2)ccc1OCCC(C)C. The van der Waals surface area contributed by atoms with Gasteiger partial charge in [-0.3, -0.25) is 9.59 Å². The van der Waals surface area contributed by atoms with E-state index in [1.54, 1.807) is 4.90 Å². The number of carbonyl (C=O) groups excluding carboxylic acids is 1. The molecule has 0 N–H and O–H groups in total. The van der Waals surface area contributed by atoms with Gasteiger partial charge < -0.3 is 18.8 Å². The Bertz CT molecular complexity index is 1590. The standard InChI is InChI=1S/C34H37NO5/c1-6-38-29-20-25(12-13-27(29)39-17-15-21(2)3)31-30-32(36)26-18-22(4)23(5)19-28(26)40-33(30)34(37)35(31)16-14-24-10-8-7-9-11-24/h7-13,18-21,31H,6,14-17H2,1-5H3. The number of ether oxygens (including phenoxy) is 2. The fourth-order valence-corrected chi connectivity index (χ4v) is 5.23. The Kier molecular flexibility index (Phi) is 7.97. The normalized spacial score (nSPS) is 14.7. The molecule has 4 aromatic rings. The highest BCUT2D eigenvalue weighted by molar-refractivity contribution is 5.99. The van der Waals surface area contributed by atoms with Crippen LogP contribution in [0.25, 0.3) is 11.0 Å². The monoisotopic (exact) mass is 539 g/mol. The van der Waals surface area contributed by atoms with Gasteiger partial charge in [0.15, 0.2) is 16.9 Å². The van der Waals surface area contributed by atoms with Crippen LogP contribution in [0.5, 0.6) is 11.5 Å². The van der Waals surface area contributed by atoms with E-state index in [4.69, 9.17) is 13.9 Å². The van der Waals surface area contributed by atoms with Crippen LogP contribution in [0.15, 0.2) is 69.9 Å². The number of nitrogens with zero attached hydrogens (tertiary/aromatic N) is 1. The van der Waals surface area contributed by atoms with E-state index in [0.717, 1.165) is 28.7 Å². The molecule has 1 unspecified atom stereocenters. The summed E-state index contributed by atoms with van der Waals surface area (Å²) in [5, 5.41) is 0.489. The van der Waals surface area contributed by atoms with Crippen LogP contribution >= 0.6 is 0 Å². The first-order valence-corrected chi connectivity index (χ1v) is 14.1. The summed E-state index contributed by atoms with van der Waals surface area (Å²) in [7, 11) is 0. The largest absolute Gasteiger partial charge is 0.490 e. The smallest absolute Gasteiger partial charge is 0.290 e. The topological polar surface area (TPSA) is 69.0 Å². The molecule has 1 aliphatic heterocycles. The number of rotatable bonds is 10. The van der Waals surface area contributed by atoms with E-state index in [1.807, 2.05) is 81.4 Å². The van der Waals surface area contributed by atoms with Crippen molar-refractivity contribution in [3.05, 3.63) is 104 Å². The Morgan fingerprint density at radius 2 is 1.68 bits per heavy atom. The Balaban J connectivity index is 1.61. The van der Waals surface area contributed by atoms with Crippen LogP contribution in [0.4, 0.5) is 0 Å². The fourth-order valence-electron chi connectivity index (χ4n) is 5.23. The van der Waals surface area contributed by atoms with Gasteiger partial charge in [-0.15, -0.1) is 0 Å². The third-order valence-corrected chi connectivity index (χ3v) is 7.60. The maximum absolute atomic E-state index is 14.0. The maximum Gasteiger partial charge on any atom is 0.290 e. The first kappa shape index (κ1) is 27.5. The maximum atomic E-state index is 14.0. The highest BCUT2D eigenvalue weighted by atomic mass is 16.5. The van der Waals surface area contributed by atoms with Gasteiger partial charge in [0.25, 0.3) is 5.91 Å². The minimum atomic E-state index is -0.600. The number of amides is 1. The molecule has 0 fully saturated rings. The van der Waals surface area contributed by atoms with E-state index >= 15 is 0 Å². The summed E-state index contributed by atoms with van der Waals surface area (Å²) in [5.74, 6) is 1.63. The van der Waals surface area contributed by atoms with E-state index in [9.17, 15) is 9.59 Å². The predicted octanol–water partition coefficient (Wildman–Crippen LogP) is 7.02. The van der Waals surface area contributed by atoms with Crippen LogP contribution in [0.2, 0.25) is 0 Å². The van der Waals surface area contributed by atoms with Crippen molar-refractivity contribution in [2.45, 2.75) is 53.5 Å². The minimum Gasteiger partial charge on any atom is -0.490 e. The second kappa shape index (κ2) is 11.6. The summed E-state index contributed by atoms with van der Waals surface area (Å²) in [6.45, 7) is 11.7. The molecule has 0 aliphatic carbocycles. The van der Waals surface area contributed by atoms with Gasteiger partial charge in [0, 0.05) is 6.54 Å². The number of hydrogen-bond donors (Lipinski definition) is 0. The van der Waals surface area contributed by atoms with Crippen LogP contribution in [0, 0.1) is 19.8 Å². The summed E-state index contributed by atoms with van der Waals surface area (Å²) in [6, 6.07) is 18.9. The molecule has 1 amide bonds. The summed E-state index contributed by atoms with van der Waals surface area (Å²) < 4.78 is 18.2. The quantitative estimate of drug-likeness (QED) is 0.217. The van der Waals surface area contributed by atoms with Crippen LogP contribution in [-0.2, 0) is 6.42 Å². The Labute approximate surface area is 235 Å². The molecular formula is C34H37NO5. The second-order valence-electron chi connectivity index (χ2n) is 10.9. The number of hydrogen-bond acceptors (Lipinski definition) is 5. The highest BCUT2D eigenvalue weighted by Gasteiger charge is 2.42. The van der Waals surface area contributed by atoms with Crippen molar-refractivity contribution in [2.24, 2.45) is 5.92 Å². The predicted molar refractivity (Wildman–Crippen MR) is 158 cm³/mol. The second-order valence-corrected chi connectivity index (χ2v) is 10.9. The molecule has 3 aromatic carbocycles. The number of fused-ring (bicyclic) bond motifs is 2. The van der Waals surface area contributed by atoms with Crippen molar-refractivity contribution in [3.8, 4) is 11.5 Å². The van der Waals surface area contributed by atoms with Gasteiger partial charge in [0.1, 0.15) is 5.58 Å². The molecular weight excluding hydrogens is 502 g/mol. The van der Waals surface area contributed by atoms with Crippen LogP contribution in [-0.4, -0.2) is 30.6 Å². The van der Waals surface area contributed by atoms with E-state index in [-0.39, 0.29) is 17.1 Å². The fraction of sp³-hybridized carbons (Fsp3) is 0.353. The van der Waals surface area contributed by atoms with Crippen molar-refractivity contribution >= 4 is 16.9 Å². The summed E-state index contributed by atoms with van der Waals surface area (Å²) >= 11 is 0. The van der Waals surface area contributed by atoms with Gasteiger partial charge >= 0.3 is 0 Å². The third-order valence-electron chi connectivity index (χ3n) is 7.60. The van der Waals surface area contributed by atoms with Gasteiger partial charge in [0.05, 0.1) is 30.2 Å². The molecule has 6 nitrogen and oxygen atoms in total. The third kappa shape index (κ3) is 5.35. The first-order valence-electron chi connectivity index (χ1n) is 14.1. The molecule has 6 heteroatoms. The minimum absolute atomic E-state index is 0.119. The molecule has 1 atom stereocenters. The lowest BCUT2D eigenvalue weighted by atomic mass is 9.97. The van der Waals surface area contributed by atoms with Crippen molar-refractivity contribution in [1.82, 2.24) is 4.90 Å². The first-order chi connectivity index (χ1) is 19.3. The summed E-state index contributed by atoms with van der Waals surface area (Å²) in [6.07, 6.45) is 1.58. The van der Waals surface area contributed by atoms with Gasteiger partial charge in [-0.05, 0) is 86.1 Å². The van der Waals surface area contributed by atoms with Gasteiger partial charge in [-0.25, -0.2) is 0 Å². The van der Waals surface area contributed by atoms with Crippen molar-refractivity contribution in [2.75, 3.05) is 19.8 Å².